The first-order valence-electron chi connectivity index (χ1n) is 7.53. The summed E-state index contributed by atoms with van der Waals surface area (Å²) < 4.78 is 6.19. The van der Waals surface area contributed by atoms with Gasteiger partial charge < -0.3 is 4.42 Å². The van der Waals surface area contributed by atoms with Crippen LogP contribution in [0.1, 0.15) is 18.9 Å². The Kier molecular flexibility index (Phi) is 2.75. The summed E-state index contributed by atoms with van der Waals surface area (Å²) in [6.45, 7) is 4.34. The van der Waals surface area contributed by atoms with Gasteiger partial charge in [-0.3, -0.25) is 0 Å². The van der Waals surface area contributed by atoms with E-state index in [4.69, 9.17) is 4.42 Å². The molecule has 1 heteroatoms. The zero-order chi connectivity index (χ0) is 14.4. The zero-order valence-corrected chi connectivity index (χ0v) is 12.4. The van der Waals surface area contributed by atoms with E-state index in [1.807, 2.05) is 0 Å². The number of aryl methyl sites for hydroxylation is 1. The van der Waals surface area contributed by atoms with Crippen molar-refractivity contribution < 1.29 is 4.42 Å². The largest absolute Gasteiger partial charge is 0.456 e. The van der Waals surface area contributed by atoms with Crippen LogP contribution in [0.5, 0.6) is 0 Å². The first-order chi connectivity index (χ1) is 10.2. The summed E-state index contributed by atoms with van der Waals surface area (Å²) in [6, 6.07) is 15.1. The molecule has 1 heterocycles. The van der Waals surface area contributed by atoms with E-state index in [1.54, 1.807) is 0 Å². The number of hydrogen-bond acceptors (Lipinski definition) is 1. The van der Waals surface area contributed by atoms with Crippen molar-refractivity contribution in [3.63, 3.8) is 0 Å². The van der Waals surface area contributed by atoms with Gasteiger partial charge in [0.2, 0.25) is 0 Å². The minimum atomic E-state index is 0.556. The van der Waals surface area contributed by atoms with Crippen LogP contribution in [-0.2, 0) is 0 Å². The highest BCUT2D eigenvalue weighted by Crippen LogP contribution is 2.27. The third-order valence-corrected chi connectivity index (χ3v) is 4.27. The second kappa shape index (κ2) is 4.63. The van der Waals surface area contributed by atoms with Gasteiger partial charge in [-0.25, -0.2) is 0 Å². The number of benzene rings is 2. The van der Waals surface area contributed by atoms with E-state index in [1.165, 1.54) is 27.3 Å². The van der Waals surface area contributed by atoms with Crippen molar-refractivity contribution in [2.24, 2.45) is 5.92 Å². The molecule has 0 amide bonds. The SMILES string of the molecule is Cc1ccc(-c2cccc3c4c(oc23)=CC(C)CC=4)cc1. The molecule has 0 bridgehead atoms. The van der Waals surface area contributed by atoms with Gasteiger partial charge in [0.1, 0.15) is 11.0 Å². The first-order valence-corrected chi connectivity index (χ1v) is 7.53. The van der Waals surface area contributed by atoms with Gasteiger partial charge in [0, 0.05) is 16.2 Å². The maximum Gasteiger partial charge on any atom is 0.143 e. The van der Waals surface area contributed by atoms with Gasteiger partial charge >= 0.3 is 0 Å². The van der Waals surface area contributed by atoms with Crippen LogP contribution in [0.25, 0.3) is 34.2 Å². The van der Waals surface area contributed by atoms with Crippen molar-refractivity contribution in [2.45, 2.75) is 20.3 Å². The average molecular weight is 274 g/mol. The van der Waals surface area contributed by atoms with Crippen LogP contribution in [0.3, 0.4) is 0 Å². The Balaban J connectivity index is 2.04. The smallest absolute Gasteiger partial charge is 0.143 e. The molecule has 1 aliphatic rings. The predicted octanol–water partition coefficient (Wildman–Crippen LogP) is 4.01. The van der Waals surface area contributed by atoms with Gasteiger partial charge in [-0.1, -0.05) is 61.0 Å². The minimum absolute atomic E-state index is 0.556. The van der Waals surface area contributed by atoms with Crippen LogP contribution in [0.2, 0.25) is 0 Å². The molecule has 1 aromatic heterocycles. The van der Waals surface area contributed by atoms with E-state index >= 15 is 0 Å². The topological polar surface area (TPSA) is 13.1 Å². The summed E-state index contributed by atoms with van der Waals surface area (Å²) >= 11 is 0. The maximum atomic E-state index is 6.19. The lowest BCUT2D eigenvalue weighted by atomic mass is 9.99. The maximum absolute atomic E-state index is 6.19. The Labute approximate surface area is 124 Å². The standard InChI is InChI=1S/C20H18O/c1-13-6-9-15(10-7-13)16-4-3-5-18-17-11-8-14(2)12-19(17)21-20(16)18/h3-7,9-12,14H,8H2,1-2H3. The molecule has 0 saturated heterocycles. The van der Waals surface area contributed by atoms with Gasteiger partial charge in [0.25, 0.3) is 0 Å². The third-order valence-electron chi connectivity index (χ3n) is 4.27. The van der Waals surface area contributed by atoms with Crippen LogP contribution < -0.4 is 10.6 Å². The van der Waals surface area contributed by atoms with Crippen molar-refractivity contribution in [1.82, 2.24) is 0 Å². The van der Waals surface area contributed by atoms with Crippen molar-refractivity contribution in [3.05, 3.63) is 58.7 Å². The number of rotatable bonds is 1. The van der Waals surface area contributed by atoms with E-state index in [0.717, 1.165) is 17.4 Å². The number of furan rings is 1. The highest BCUT2D eigenvalue weighted by molar-refractivity contribution is 5.93. The van der Waals surface area contributed by atoms with Gasteiger partial charge in [-0.15, -0.1) is 0 Å². The van der Waals surface area contributed by atoms with Crippen molar-refractivity contribution in [3.8, 4) is 11.1 Å². The molecule has 0 fully saturated rings. The lowest BCUT2D eigenvalue weighted by molar-refractivity contribution is 0.566. The molecular weight excluding hydrogens is 256 g/mol. The molecule has 1 atom stereocenters. The molecule has 4 rings (SSSR count). The summed E-state index contributed by atoms with van der Waals surface area (Å²) in [4.78, 5) is 0. The van der Waals surface area contributed by atoms with E-state index in [-0.39, 0.29) is 0 Å². The Morgan fingerprint density at radius 1 is 1.05 bits per heavy atom. The van der Waals surface area contributed by atoms with E-state index in [0.29, 0.717) is 5.92 Å². The molecule has 1 unspecified atom stereocenters. The average Bonchev–Trinajstić information content (AvgIpc) is 2.85. The molecule has 0 radical (unpaired) electrons. The second-order valence-corrected chi connectivity index (χ2v) is 6.01. The monoisotopic (exact) mass is 274 g/mol. The number of hydrogen-bond donors (Lipinski definition) is 0. The first kappa shape index (κ1) is 12.5. The highest BCUT2D eigenvalue weighted by Gasteiger charge is 2.12. The minimum Gasteiger partial charge on any atom is -0.456 e. The van der Waals surface area contributed by atoms with Crippen LogP contribution in [0.15, 0.2) is 46.9 Å². The third kappa shape index (κ3) is 2.01. The van der Waals surface area contributed by atoms with Crippen LogP contribution in [0, 0.1) is 12.8 Å². The fourth-order valence-corrected chi connectivity index (χ4v) is 3.08. The van der Waals surface area contributed by atoms with Crippen LogP contribution in [0.4, 0.5) is 0 Å². The summed E-state index contributed by atoms with van der Waals surface area (Å²) in [5.74, 6) is 0.556. The molecular formula is C20H18O. The van der Waals surface area contributed by atoms with E-state index < -0.39 is 0 Å². The van der Waals surface area contributed by atoms with Gasteiger partial charge in [-0.2, -0.15) is 0 Å². The molecule has 2 aromatic carbocycles. The molecule has 0 spiro atoms. The van der Waals surface area contributed by atoms with Crippen molar-refractivity contribution >= 4 is 23.1 Å². The second-order valence-electron chi connectivity index (χ2n) is 6.01. The molecule has 0 saturated carbocycles. The summed E-state index contributed by atoms with van der Waals surface area (Å²) in [7, 11) is 0. The van der Waals surface area contributed by atoms with Gasteiger partial charge in [0.05, 0.1) is 0 Å². The molecule has 0 aliphatic heterocycles. The summed E-state index contributed by atoms with van der Waals surface area (Å²) in [5, 5.41) is 2.49. The molecule has 1 nitrogen and oxygen atoms in total. The fraction of sp³-hybridized carbons (Fsp3) is 0.200. The molecule has 0 N–H and O–H groups in total. The fourth-order valence-electron chi connectivity index (χ4n) is 3.08. The lowest BCUT2D eigenvalue weighted by Crippen LogP contribution is -2.24. The number of para-hydroxylation sites is 1. The van der Waals surface area contributed by atoms with Crippen molar-refractivity contribution in [2.75, 3.05) is 0 Å². The quantitative estimate of drug-likeness (QED) is 0.653. The van der Waals surface area contributed by atoms with Crippen molar-refractivity contribution in [1.29, 1.82) is 0 Å². The molecule has 3 aromatic rings. The van der Waals surface area contributed by atoms with E-state index in [2.05, 4.69) is 68.5 Å². The Morgan fingerprint density at radius 3 is 2.67 bits per heavy atom. The van der Waals surface area contributed by atoms with E-state index in [9.17, 15) is 0 Å². The van der Waals surface area contributed by atoms with Gasteiger partial charge in [-0.05, 0) is 30.9 Å². The Hall–Kier alpha value is -2.28. The summed E-state index contributed by atoms with van der Waals surface area (Å²) in [6.07, 6.45) is 5.65. The van der Waals surface area contributed by atoms with Crippen LogP contribution in [-0.4, -0.2) is 0 Å². The lowest BCUT2D eigenvalue weighted by Gasteiger charge is -2.03. The molecule has 1 aliphatic carbocycles. The highest BCUT2D eigenvalue weighted by atomic mass is 16.3. The summed E-state index contributed by atoms with van der Waals surface area (Å²) in [5.41, 5.74) is 5.71. The Morgan fingerprint density at radius 2 is 1.86 bits per heavy atom. The molecule has 104 valence electrons. The molecule has 21 heavy (non-hydrogen) atoms. The normalized spacial score (nSPS) is 17.1. The van der Waals surface area contributed by atoms with Gasteiger partial charge in [0.15, 0.2) is 0 Å². The van der Waals surface area contributed by atoms with Crippen LogP contribution >= 0.6 is 0 Å². The Bertz CT molecular complexity index is 926. The zero-order valence-electron chi connectivity index (χ0n) is 12.4. The predicted molar refractivity (Wildman–Crippen MR) is 88.3 cm³/mol. The number of fused-ring (bicyclic) bond motifs is 3.